The SMILES string of the molecule is CC/C=C\C/C=C\C/C=C\C/C=C\C/C=C\CCCCCCCCCC(=O)OC(COC(=O)CCCCC/C=C\C/C=C\C/C=C\CC)COC(=O)CCCCCCCCCCCCCCCCC/C=C\C/C=C\CCCCCCC. The van der Waals surface area contributed by atoms with E-state index in [9.17, 15) is 14.4 Å². The predicted molar refractivity (Wildman–Crippen MR) is 353 cm³/mol. The topological polar surface area (TPSA) is 78.9 Å². The molecule has 462 valence electrons. The third-order valence-corrected chi connectivity index (χ3v) is 14.4. The van der Waals surface area contributed by atoms with E-state index in [1.807, 2.05) is 0 Å². The van der Waals surface area contributed by atoms with E-state index in [1.54, 1.807) is 0 Å². The Bertz CT molecular complexity index is 1670. The molecule has 0 aromatic heterocycles. The lowest BCUT2D eigenvalue weighted by Crippen LogP contribution is -2.30. The van der Waals surface area contributed by atoms with E-state index in [1.165, 1.54) is 148 Å². The minimum Gasteiger partial charge on any atom is -0.462 e. The van der Waals surface area contributed by atoms with Crippen LogP contribution in [0.4, 0.5) is 0 Å². The van der Waals surface area contributed by atoms with E-state index < -0.39 is 6.10 Å². The van der Waals surface area contributed by atoms with Crippen molar-refractivity contribution >= 4 is 17.9 Å². The monoisotopic (exact) mass is 1120 g/mol. The van der Waals surface area contributed by atoms with Gasteiger partial charge in [0.15, 0.2) is 6.10 Å². The Kier molecular flexibility index (Phi) is 64.8. The third kappa shape index (κ3) is 66.5. The summed E-state index contributed by atoms with van der Waals surface area (Å²) in [5, 5.41) is 0. The summed E-state index contributed by atoms with van der Waals surface area (Å²) in [5.41, 5.74) is 0. The number of hydrogen-bond acceptors (Lipinski definition) is 6. The van der Waals surface area contributed by atoms with Crippen LogP contribution in [-0.4, -0.2) is 37.2 Å². The molecule has 0 aromatic rings. The van der Waals surface area contributed by atoms with Crippen molar-refractivity contribution in [2.45, 2.75) is 322 Å². The Morgan fingerprint density at radius 2 is 0.481 bits per heavy atom. The molecule has 0 rings (SSSR count). The van der Waals surface area contributed by atoms with Gasteiger partial charge < -0.3 is 14.2 Å². The van der Waals surface area contributed by atoms with Crippen LogP contribution in [0.1, 0.15) is 316 Å². The van der Waals surface area contributed by atoms with E-state index in [2.05, 4.69) is 142 Å². The predicted octanol–water partition coefficient (Wildman–Crippen LogP) is 23.6. The van der Waals surface area contributed by atoms with Gasteiger partial charge in [0.25, 0.3) is 0 Å². The summed E-state index contributed by atoms with van der Waals surface area (Å²) in [6.07, 6.45) is 95.1. The summed E-state index contributed by atoms with van der Waals surface area (Å²) in [6, 6.07) is 0. The fraction of sp³-hybridized carbons (Fsp3) is 0.693. The first-order valence-electron chi connectivity index (χ1n) is 34.0. The van der Waals surface area contributed by atoms with Crippen LogP contribution in [-0.2, 0) is 28.6 Å². The summed E-state index contributed by atoms with van der Waals surface area (Å²) in [5.74, 6) is -0.928. The van der Waals surface area contributed by atoms with Crippen molar-refractivity contribution in [3.63, 3.8) is 0 Å². The Hall–Kier alpha value is -4.19. The first kappa shape index (κ1) is 76.8. The van der Waals surface area contributed by atoms with E-state index >= 15 is 0 Å². The molecule has 1 atom stereocenters. The molecular weight excluding hydrogens is 997 g/mol. The molecule has 0 spiro atoms. The van der Waals surface area contributed by atoms with Crippen LogP contribution < -0.4 is 0 Å². The van der Waals surface area contributed by atoms with Gasteiger partial charge in [-0.1, -0.05) is 290 Å². The van der Waals surface area contributed by atoms with Gasteiger partial charge in [-0.2, -0.15) is 0 Å². The molecule has 0 bridgehead atoms. The zero-order chi connectivity index (χ0) is 58.5. The van der Waals surface area contributed by atoms with Gasteiger partial charge in [0.2, 0.25) is 0 Å². The Morgan fingerprint density at radius 3 is 0.765 bits per heavy atom. The molecule has 81 heavy (non-hydrogen) atoms. The molecule has 0 aliphatic heterocycles. The number of unbranched alkanes of at least 4 members (excludes halogenated alkanes) is 30. The number of carbonyl (C=O) groups is 3. The zero-order valence-electron chi connectivity index (χ0n) is 53.0. The van der Waals surface area contributed by atoms with E-state index in [4.69, 9.17) is 14.2 Å². The lowest BCUT2D eigenvalue weighted by atomic mass is 10.0. The lowest BCUT2D eigenvalue weighted by Gasteiger charge is -2.18. The van der Waals surface area contributed by atoms with Gasteiger partial charge in [-0.05, 0) is 128 Å². The molecule has 0 aliphatic rings. The van der Waals surface area contributed by atoms with Gasteiger partial charge >= 0.3 is 17.9 Å². The first-order chi connectivity index (χ1) is 40.0. The molecule has 0 amide bonds. The minimum atomic E-state index is -0.801. The molecule has 6 heteroatoms. The molecule has 0 aliphatic carbocycles. The van der Waals surface area contributed by atoms with Gasteiger partial charge in [-0.25, -0.2) is 0 Å². The molecule has 0 saturated carbocycles. The van der Waals surface area contributed by atoms with Crippen molar-refractivity contribution in [2.24, 2.45) is 0 Å². The number of hydrogen-bond donors (Lipinski definition) is 0. The Morgan fingerprint density at radius 1 is 0.259 bits per heavy atom. The average molecular weight is 1120 g/mol. The first-order valence-corrected chi connectivity index (χ1v) is 34.0. The van der Waals surface area contributed by atoms with Gasteiger partial charge in [0.1, 0.15) is 13.2 Å². The summed E-state index contributed by atoms with van der Waals surface area (Å²) in [6.45, 7) is 6.39. The minimum absolute atomic E-state index is 0.0932. The van der Waals surface area contributed by atoms with Crippen LogP contribution in [0.25, 0.3) is 0 Å². The third-order valence-electron chi connectivity index (χ3n) is 14.4. The van der Waals surface area contributed by atoms with Crippen LogP contribution in [0.15, 0.2) is 122 Å². The lowest BCUT2D eigenvalue weighted by molar-refractivity contribution is -0.167. The second-order valence-corrected chi connectivity index (χ2v) is 22.3. The summed E-state index contributed by atoms with van der Waals surface area (Å²) < 4.78 is 16.9. The van der Waals surface area contributed by atoms with Crippen molar-refractivity contribution in [2.75, 3.05) is 13.2 Å². The highest BCUT2D eigenvalue weighted by Gasteiger charge is 2.19. The van der Waals surface area contributed by atoms with Crippen LogP contribution in [0.5, 0.6) is 0 Å². The largest absolute Gasteiger partial charge is 0.462 e. The number of allylic oxidation sites excluding steroid dienone is 20. The molecule has 1 unspecified atom stereocenters. The molecule has 0 heterocycles. The summed E-state index contributed by atoms with van der Waals surface area (Å²) >= 11 is 0. The second-order valence-electron chi connectivity index (χ2n) is 22.3. The van der Waals surface area contributed by atoms with E-state index in [0.29, 0.717) is 19.3 Å². The van der Waals surface area contributed by atoms with Gasteiger partial charge in [0.05, 0.1) is 0 Å². The van der Waals surface area contributed by atoms with Crippen LogP contribution in [0.3, 0.4) is 0 Å². The van der Waals surface area contributed by atoms with Gasteiger partial charge in [0, 0.05) is 19.3 Å². The van der Waals surface area contributed by atoms with Crippen molar-refractivity contribution in [3.05, 3.63) is 122 Å². The number of carbonyl (C=O) groups excluding carboxylic acids is 3. The summed E-state index contributed by atoms with van der Waals surface area (Å²) in [4.78, 5) is 38.4. The van der Waals surface area contributed by atoms with E-state index in [0.717, 1.165) is 128 Å². The fourth-order valence-electron chi connectivity index (χ4n) is 9.40. The maximum absolute atomic E-state index is 12.9. The van der Waals surface area contributed by atoms with Crippen molar-refractivity contribution < 1.29 is 28.6 Å². The van der Waals surface area contributed by atoms with Gasteiger partial charge in [-0.3, -0.25) is 14.4 Å². The Labute approximate surface area is 501 Å². The highest BCUT2D eigenvalue weighted by Crippen LogP contribution is 2.16. The Balaban J connectivity index is 4.32. The van der Waals surface area contributed by atoms with Crippen LogP contribution in [0, 0.1) is 0 Å². The smallest absolute Gasteiger partial charge is 0.306 e. The number of esters is 3. The quantitative estimate of drug-likeness (QED) is 0.0261. The van der Waals surface area contributed by atoms with Crippen LogP contribution in [0.2, 0.25) is 0 Å². The highest BCUT2D eigenvalue weighted by molar-refractivity contribution is 5.71. The standard InChI is InChI=1S/C75H126O6/c1-4-7-10-13-16-19-22-25-27-29-31-33-35-36-37-38-40-41-43-45-47-50-53-56-59-62-65-68-74(77)80-71-72(70-79-73(76)67-64-61-58-55-52-49-24-21-18-15-12-9-6-3)81-75(78)69-66-63-60-57-54-51-48-46-44-42-39-34-32-30-28-26-23-20-17-14-11-8-5-2/h8-9,11-12,17-18,20-22,25-26,28-29,31-32,34,42,44,49,52,72H,4-7,10,13-16,19,23-24,27,30,33,35-41,43,45-48,50-51,53-71H2,1-3H3/b11-8-,12-9-,20-17-,21-18-,25-22-,28-26-,31-29-,34-32-,44-42-,52-49-. The normalized spacial score (nSPS) is 12.9. The maximum Gasteiger partial charge on any atom is 0.306 e. The van der Waals surface area contributed by atoms with Crippen LogP contribution >= 0.6 is 0 Å². The molecule has 0 aromatic carbocycles. The van der Waals surface area contributed by atoms with Gasteiger partial charge in [-0.15, -0.1) is 0 Å². The second kappa shape index (κ2) is 68.3. The fourth-order valence-corrected chi connectivity index (χ4v) is 9.40. The maximum atomic E-state index is 12.9. The molecule has 0 saturated heterocycles. The van der Waals surface area contributed by atoms with Crippen molar-refractivity contribution in [1.82, 2.24) is 0 Å². The molecule has 0 N–H and O–H groups in total. The number of ether oxygens (including phenoxy) is 3. The average Bonchev–Trinajstić information content (AvgIpc) is 3.46. The number of rotatable bonds is 61. The zero-order valence-corrected chi connectivity index (χ0v) is 53.0. The molecular formula is C75H126O6. The van der Waals surface area contributed by atoms with Crippen molar-refractivity contribution in [3.8, 4) is 0 Å². The summed E-state index contributed by atoms with van der Waals surface area (Å²) in [7, 11) is 0. The van der Waals surface area contributed by atoms with E-state index in [-0.39, 0.29) is 31.1 Å². The molecule has 0 fully saturated rings. The highest BCUT2D eigenvalue weighted by atomic mass is 16.6. The molecule has 0 radical (unpaired) electrons. The van der Waals surface area contributed by atoms with Crippen molar-refractivity contribution in [1.29, 1.82) is 0 Å². The molecule has 6 nitrogen and oxygen atoms in total.